The Morgan fingerprint density at radius 2 is 1.97 bits per heavy atom. The molecule has 0 spiro atoms. The molecular formula is C17H32N4O7S. The molecule has 0 bridgehead atoms. The highest BCUT2D eigenvalue weighted by molar-refractivity contribution is 7.90. The van der Waals surface area contributed by atoms with Gasteiger partial charge in [-0.15, -0.1) is 4.99 Å². The topological polar surface area (TPSA) is 150 Å². The van der Waals surface area contributed by atoms with Gasteiger partial charge in [0.15, 0.2) is 16.1 Å². The molecule has 1 rings (SSSR count). The zero-order valence-corrected chi connectivity index (χ0v) is 18.5. The van der Waals surface area contributed by atoms with Crippen molar-refractivity contribution < 1.29 is 32.2 Å². The predicted molar refractivity (Wildman–Crippen MR) is 107 cm³/mol. The summed E-state index contributed by atoms with van der Waals surface area (Å²) in [6.45, 7) is 7.51. The second-order valence-corrected chi connectivity index (χ2v) is 9.91. The molecule has 3 N–H and O–H groups in total. The van der Waals surface area contributed by atoms with E-state index in [4.69, 9.17) is 19.9 Å². The Bertz CT molecular complexity index is 703. The van der Waals surface area contributed by atoms with E-state index in [0.717, 1.165) is 6.26 Å². The molecule has 1 fully saturated rings. The summed E-state index contributed by atoms with van der Waals surface area (Å²) in [5.41, 5.74) is 5.29. The highest BCUT2D eigenvalue weighted by atomic mass is 32.2. The van der Waals surface area contributed by atoms with Crippen LogP contribution in [0.2, 0.25) is 0 Å². The molecule has 12 heteroatoms. The first-order valence-electron chi connectivity index (χ1n) is 9.39. The average Bonchev–Trinajstić information content (AvgIpc) is 2.53. The summed E-state index contributed by atoms with van der Waals surface area (Å²) in [6.07, 6.45) is 0.0612. The number of nitrogens with two attached hydrogens (primary N) is 1. The predicted octanol–water partition coefficient (Wildman–Crippen LogP) is 0.834. The monoisotopic (exact) mass is 436 g/mol. The SMILES string of the molecule is CCOC1C(NC(=O)OCCS(C)(=O)=O)CCCN1/C(N)=N/C(=O)OC(C)(C)C. The van der Waals surface area contributed by atoms with Gasteiger partial charge in [0.2, 0.25) is 5.96 Å². The lowest BCUT2D eigenvalue weighted by atomic mass is 10.0. The first-order valence-corrected chi connectivity index (χ1v) is 11.4. The van der Waals surface area contributed by atoms with Gasteiger partial charge in [0, 0.05) is 19.4 Å². The van der Waals surface area contributed by atoms with Crippen LogP contribution in [0.5, 0.6) is 0 Å². The van der Waals surface area contributed by atoms with Gasteiger partial charge in [0.05, 0.1) is 11.8 Å². The Kier molecular flexibility index (Phi) is 9.14. The number of amides is 2. The van der Waals surface area contributed by atoms with E-state index in [9.17, 15) is 18.0 Å². The molecule has 168 valence electrons. The number of nitrogens with one attached hydrogen (secondary N) is 1. The minimum absolute atomic E-state index is 0.0744. The third-order valence-corrected chi connectivity index (χ3v) is 4.70. The third-order valence-electron chi connectivity index (χ3n) is 3.79. The zero-order valence-electron chi connectivity index (χ0n) is 17.6. The fraction of sp³-hybridized carbons (Fsp3) is 0.824. The van der Waals surface area contributed by atoms with Crippen molar-refractivity contribution in [3.63, 3.8) is 0 Å². The third kappa shape index (κ3) is 9.79. The summed E-state index contributed by atoms with van der Waals surface area (Å²) in [5, 5.41) is 2.67. The molecule has 1 aliphatic heterocycles. The van der Waals surface area contributed by atoms with Crippen LogP contribution >= 0.6 is 0 Å². The van der Waals surface area contributed by atoms with Gasteiger partial charge < -0.3 is 30.2 Å². The van der Waals surface area contributed by atoms with Crippen LogP contribution in [0.15, 0.2) is 4.99 Å². The normalized spacial score (nSPS) is 20.9. The number of piperidine rings is 1. The van der Waals surface area contributed by atoms with Crippen LogP contribution in [0, 0.1) is 0 Å². The molecule has 0 aromatic carbocycles. The molecule has 0 aromatic heterocycles. The van der Waals surface area contributed by atoms with E-state index in [1.165, 1.54) is 0 Å². The second kappa shape index (κ2) is 10.6. The molecule has 0 radical (unpaired) electrons. The molecule has 11 nitrogen and oxygen atoms in total. The maximum atomic E-state index is 12.0. The number of rotatable bonds is 6. The molecule has 0 aliphatic carbocycles. The van der Waals surface area contributed by atoms with Crippen LogP contribution in [0.1, 0.15) is 40.5 Å². The molecule has 1 saturated heterocycles. The van der Waals surface area contributed by atoms with Gasteiger partial charge in [-0.3, -0.25) is 0 Å². The number of carbonyl (C=O) groups is 2. The van der Waals surface area contributed by atoms with E-state index in [1.807, 2.05) is 0 Å². The second-order valence-electron chi connectivity index (χ2n) is 7.65. The van der Waals surface area contributed by atoms with Gasteiger partial charge in [-0.05, 0) is 40.5 Å². The van der Waals surface area contributed by atoms with Crippen molar-refractivity contribution in [2.45, 2.75) is 58.4 Å². The van der Waals surface area contributed by atoms with Gasteiger partial charge >= 0.3 is 12.2 Å². The molecular weight excluding hydrogens is 404 g/mol. The number of sulfone groups is 1. The first-order chi connectivity index (χ1) is 13.3. The molecule has 29 heavy (non-hydrogen) atoms. The first kappa shape index (κ1) is 25.0. The van der Waals surface area contributed by atoms with E-state index < -0.39 is 39.9 Å². The van der Waals surface area contributed by atoms with Gasteiger partial charge in [0.1, 0.15) is 12.2 Å². The number of ether oxygens (including phenoxy) is 3. The number of likely N-dealkylation sites (tertiary alicyclic amines) is 1. The van der Waals surface area contributed by atoms with Crippen LogP contribution in [0.4, 0.5) is 9.59 Å². The molecule has 0 saturated carbocycles. The Balaban J connectivity index is 2.80. The van der Waals surface area contributed by atoms with Crippen molar-refractivity contribution in [1.29, 1.82) is 0 Å². The number of hydrogen-bond donors (Lipinski definition) is 2. The molecule has 1 heterocycles. The molecule has 1 aliphatic rings. The smallest absolute Gasteiger partial charge is 0.437 e. The van der Waals surface area contributed by atoms with Crippen LogP contribution in [-0.2, 0) is 24.0 Å². The largest absolute Gasteiger partial charge is 0.448 e. The van der Waals surface area contributed by atoms with E-state index in [2.05, 4.69) is 10.3 Å². The highest BCUT2D eigenvalue weighted by Gasteiger charge is 2.35. The number of carbonyl (C=O) groups excluding carboxylic acids is 2. The fourth-order valence-corrected chi connectivity index (χ4v) is 3.04. The van der Waals surface area contributed by atoms with E-state index in [-0.39, 0.29) is 18.3 Å². The van der Waals surface area contributed by atoms with E-state index in [0.29, 0.717) is 26.0 Å². The highest BCUT2D eigenvalue weighted by Crippen LogP contribution is 2.19. The summed E-state index contributed by atoms with van der Waals surface area (Å²) in [6, 6.07) is -0.484. The van der Waals surface area contributed by atoms with Gasteiger partial charge in [-0.2, -0.15) is 0 Å². The van der Waals surface area contributed by atoms with Crippen LogP contribution in [-0.4, -0.2) is 81.1 Å². The maximum Gasteiger partial charge on any atom is 0.437 e. The van der Waals surface area contributed by atoms with Crippen molar-refractivity contribution in [2.24, 2.45) is 10.7 Å². The fourth-order valence-electron chi connectivity index (χ4n) is 2.66. The molecule has 0 aromatic rings. The van der Waals surface area contributed by atoms with Crippen molar-refractivity contribution in [3.8, 4) is 0 Å². The van der Waals surface area contributed by atoms with Crippen LogP contribution < -0.4 is 11.1 Å². The number of alkyl carbamates (subject to hydrolysis) is 1. The minimum atomic E-state index is -3.23. The number of nitrogens with zero attached hydrogens (tertiary/aromatic N) is 2. The average molecular weight is 437 g/mol. The zero-order chi connectivity index (χ0) is 22.2. The number of guanidine groups is 1. The Hall–Kier alpha value is -2.08. The summed E-state index contributed by atoms with van der Waals surface area (Å²) < 4.78 is 38.0. The Labute approximate surface area is 171 Å². The molecule has 2 unspecified atom stereocenters. The molecule has 2 amide bonds. The van der Waals surface area contributed by atoms with E-state index >= 15 is 0 Å². The van der Waals surface area contributed by atoms with Crippen LogP contribution in [0.25, 0.3) is 0 Å². The lowest BCUT2D eigenvalue weighted by Gasteiger charge is -2.41. The van der Waals surface area contributed by atoms with Gasteiger partial charge in [-0.1, -0.05) is 0 Å². The lowest BCUT2D eigenvalue weighted by Crippen LogP contribution is -2.60. The lowest BCUT2D eigenvalue weighted by molar-refractivity contribution is -0.0616. The van der Waals surface area contributed by atoms with Crippen LogP contribution in [0.3, 0.4) is 0 Å². The van der Waals surface area contributed by atoms with Gasteiger partial charge in [0.25, 0.3) is 0 Å². The summed E-state index contributed by atoms with van der Waals surface area (Å²) in [4.78, 5) is 29.3. The molecule has 2 atom stereocenters. The number of hydrogen-bond acceptors (Lipinski definition) is 7. The van der Waals surface area contributed by atoms with Crippen molar-refractivity contribution in [2.75, 3.05) is 31.8 Å². The van der Waals surface area contributed by atoms with Crippen molar-refractivity contribution in [3.05, 3.63) is 0 Å². The summed E-state index contributed by atoms with van der Waals surface area (Å²) in [7, 11) is -3.23. The maximum absolute atomic E-state index is 12.0. The Morgan fingerprint density at radius 3 is 2.52 bits per heavy atom. The summed E-state index contributed by atoms with van der Waals surface area (Å²) >= 11 is 0. The van der Waals surface area contributed by atoms with Crippen molar-refractivity contribution >= 4 is 28.0 Å². The van der Waals surface area contributed by atoms with Gasteiger partial charge in [-0.25, -0.2) is 18.0 Å². The standard InChI is InChI=1S/C17H32N4O7S/c1-6-26-13-12(19-15(22)27-10-11-29(5,24)25)8-7-9-21(13)14(18)20-16(23)28-17(2,3)4/h12-13H,6-11H2,1-5H3,(H,19,22)(H2,18,20,23). The van der Waals surface area contributed by atoms with Crippen molar-refractivity contribution in [1.82, 2.24) is 10.2 Å². The number of aliphatic imine (C=N–C) groups is 1. The summed E-state index contributed by atoms with van der Waals surface area (Å²) in [5.74, 6) is -0.337. The van der Waals surface area contributed by atoms with E-state index in [1.54, 1.807) is 32.6 Å². The quantitative estimate of drug-likeness (QED) is 0.456. The Morgan fingerprint density at radius 1 is 1.31 bits per heavy atom. The minimum Gasteiger partial charge on any atom is -0.448 e.